The lowest BCUT2D eigenvalue weighted by Crippen LogP contribution is -2.29. The Kier molecular flexibility index (Phi) is 17.1. The second kappa shape index (κ2) is 23.5. The Morgan fingerprint density at radius 3 is 1.13 bits per heavy atom. The monoisotopic (exact) mass is 822 g/mol. The molecule has 6 aromatic carbocycles. The number of fused-ring (bicyclic) bond motifs is 5. The number of aliphatic hydroxyl groups excluding tert-OH is 2. The number of rotatable bonds is 28. The molecule has 61 heavy (non-hydrogen) atoms. The molecule has 0 atom stereocenters. The van der Waals surface area contributed by atoms with Crippen molar-refractivity contribution in [3.05, 3.63) is 144 Å². The van der Waals surface area contributed by atoms with Crippen LogP contribution in [0, 0.1) is 0 Å². The first-order valence-corrected chi connectivity index (χ1v) is 23.2. The molecule has 0 saturated carbocycles. The van der Waals surface area contributed by atoms with Crippen LogP contribution < -0.4 is 9.47 Å². The van der Waals surface area contributed by atoms with Crippen LogP contribution in [0.1, 0.15) is 112 Å². The number of aliphatic hydroxyl groups is 2. The van der Waals surface area contributed by atoms with Gasteiger partial charge in [0.2, 0.25) is 0 Å². The summed E-state index contributed by atoms with van der Waals surface area (Å²) in [5.41, 5.74) is 6.92. The van der Waals surface area contributed by atoms with Gasteiger partial charge in [0.25, 0.3) is 0 Å². The lowest BCUT2D eigenvalue weighted by Gasteiger charge is -2.36. The molecule has 6 nitrogen and oxygen atoms in total. The van der Waals surface area contributed by atoms with Crippen molar-refractivity contribution < 1.29 is 29.2 Å². The van der Waals surface area contributed by atoms with Gasteiger partial charge in [-0.1, -0.05) is 161 Å². The van der Waals surface area contributed by atoms with Crippen LogP contribution in [0.15, 0.2) is 121 Å². The summed E-state index contributed by atoms with van der Waals surface area (Å²) in [4.78, 5) is 0. The van der Waals surface area contributed by atoms with Crippen molar-refractivity contribution in [3.8, 4) is 22.6 Å². The maximum absolute atomic E-state index is 8.97. The number of hydrogen-bond acceptors (Lipinski definition) is 6. The predicted molar refractivity (Wildman–Crippen MR) is 250 cm³/mol. The van der Waals surface area contributed by atoms with Gasteiger partial charge in [0.15, 0.2) is 0 Å². The van der Waals surface area contributed by atoms with E-state index in [-0.39, 0.29) is 0 Å². The molecule has 0 spiro atoms. The maximum Gasteiger partial charge on any atom is 0.127 e. The minimum absolute atomic E-state index is 0.296. The lowest BCUT2D eigenvalue weighted by atomic mass is 9.65. The fourth-order valence-corrected chi connectivity index (χ4v) is 9.36. The van der Waals surface area contributed by atoms with Crippen LogP contribution in [0.4, 0.5) is 0 Å². The summed E-state index contributed by atoms with van der Waals surface area (Å²) in [6, 6.07) is 44.3. The van der Waals surface area contributed by atoms with Gasteiger partial charge < -0.3 is 29.2 Å². The van der Waals surface area contributed by atoms with Crippen molar-refractivity contribution in [2.24, 2.45) is 0 Å². The van der Waals surface area contributed by atoms with Crippen LogP contribution in [0.5, 0.6) is 11.5 Å². The highest BCUT2D eigenvalue weighted by molar-refractivity contribution is 6.01. The van der Waals surface area contributed by atoms with E-state index in [9.17, 15) is 0 Å². The van der Waals surface area contributed by atoms with Gasteiger partial charge >= 0.3 is 0 Å². The molecule has 0 aliphatic heterocycles. The average molecular weight is 823 g/mol. The Balaban J connectivity index is 1.12. The van der Waals surface area contributed by atoms with Crippen molar-refractivity contribution in [1.29, 1.82) is 0 Å². The second-order valence-electron chi connectivity index (χ2n) is 16.5. The van der Waals surface area contributed by atoms with E-state index >= 15 is 0 Å². The second-order valence-corrected chi connectivity index (χ2v) is 16.5. The first kappa shape index (κ1) is 44.3. The molecule has 0 saturated heterocycles. The average Bonchev–Trinajstić information content (AvgIpc) is 3.60. The predicted octanol–water partition coefficient (Wildman–Crippen LogP) is 12.6. The Bertz CT molecular complexity index is 2090. The number of unbranched alkanes of at least 4 members (excludes halogenated alkanes) is 10. The van der Waals surface area contributed by atoms with Gasteiger partial charge in [-0.05, 0) is 82.0 Å². The third-order valence-corrected chi connectivity index (χ3v) is 12.3. The van der Waals surface area contributed by atoms with Gasteiger partial charge in [0.1, 0.15) is 11.5 Å². The van der Waals surface area contributed by atoms with E-state index < -0.39 is 5.41 Å². The largest absolute Gasteiger partial charge is 0.493 e. The Hall–Kier alpha value is -4.72. The smallest absolute Gasteiger partial charge is 0.127 e. The summed E-state index contributed by atoms with van der Waals surface area (Å²) < 4.78 is 25.0. The molecule has 2 N–H and O–H groups in total. The molecule has 0 heterocycles. The number of hydrogen-bond donors (Lipinski definition) is 2. The van der Waals surface area contributed by atoms with Crippen LogP contribution in [-0.4, -0.2) is 63.1 Å². The Labute approximate surface area is 363 Å². The minimum Gasteiger partial charge on any atom is -0.493 e. The van der Waals surface area contributed by atoms with E-state index in [1.165, 1.54) is 82.7 Å². The van der Waals surface area contributed by atoms with E-state index in [1.807, 2.05) is 0 Å². The fourth-order valence-electron chi connectivity index (χ4n) is 9.36. The molecular formula is C55H66O6. The first-order chi connectivity index (χ1) is 30.3. The standard InChI is InChI=1S/C55H66O6/c56-35-13-5-1-3-7-15-37-58-39-21-41-60-53-33-19-25-45-47(53)27-17-31-51(45)55(49-29-11-9-23-43(49)44-24-10-12-30-50(44)55)52-32-18-28-48-46(52)26-20-34-54(48)61-42-22-40-59-38-16-8-4-2-6-14-36-57/h9-12,17-20,23-34,56-57H,1-8,13-16,21-22,35-42H2. The molecule has 0 aromatic heterocycles. The van der Waals surface area contributed by atoms with Crippen LogP contribution in [0.3, 0.4) is 0 Å². The van der Waals surface area contributed by atoms with E-state index in [0.29, 0.717) is 39.6 Å². The molecule has 0 unspecified atom stereocenters. The molecule has 6 heteroatoms. The van der Waals surface area contributed by atoms with E-state index in [4.69, 9.17) is 29.2 Å². The molecule has 1 aliphatic rings. The zero-order valence-corrected chi connectivity index (χ0v) is 36.1. The maximum atomic E-state index is 8.97. The summed E-state index contributed by atoms with van der Waals surface area (Å²) >= 11 is 0. The zero-order chi connectivity index (χ0) is 42.0. The molecule has 0 bridgehead atoms. The van der Waals surface area contributed by atoms with Gasteiger partial charge in [-0.2, -0.15) is 0 Å². The quantitative estimate of drug-likeness (QED) is 0.0479. The summed E-state index contributed by atoms with van der Waals surface area (Å²) in [5, 5.41) is 22.5. The highest BCUT2D eigenvalue weighted by Gasteiger charge is 2.47. The summed E-state index contributed by atoms with van der Waals surface area (Å²) in [6.45, 7) is 4.72. The fraction of sp³-hybridized carbons (Fsp3) is 0.418. The first-order valence-electron chi connectivity index (χ1n) is 23.2. The lowest BCUT2D eigenvalue weighted by molar-refractivity contribution is 0.116. The van der Waals surface area contributed by atoms with Crippen molar-refractivity contribution in [1.82, 2.24) is 0 Å². The van der Waals surface area contributed by atoms with Gasteiger partial charge in [-0.3, -0.25) is 0 Å². The Morgan fingerprint density at radius 1 is 0.311 bits per heavy atom. The van der Waals surface area contributed by atoms with Crippen molar-refractivity contribution in [2.75, 3.05) is 52.9 Å². The molecule has 7 rings (SSSR count). The van der Waals surface area contributed by atoms with Gasteiger partial charge in [0, 0.05) is 63.3 Å². The minimum atomic E-state index is -0.608. The van der Waals surface area contributed by atoms with E-state index in [2.05, 4.69) is 121 Å². The van der Waals surface area contributed by atoms with Crippen LogP contribution in [-0.2, 0) is 14.9 Å². The molecule has 1 aliphatic carbocycles. The summed E-state index contributed by atoms with van der Waals surface area (Å²) in [7, 11) is 0. The normalized spacial score (nSPS) is 12.8. The van der Waals surface area contributed by atoms with Crippen molar-refractivity contribution >= 4 is 21.5 Å². The topological polar surface area (TPSA) is 77.4 Å². The molecule has 322 valence electrons. The van der Waals surface area contributed by atoms with Crippen molar-refractivity contribution in [3.63, 3.8) is 0 Å². The van der Waals surface area contributed by atoms with E-state index in [0.717, 1.165) is 86.9 Å². The number of benzene rings is 6. The van der Waals surface area contributed by atoms with Crippen LogP contribution >= 0.6 is 0 Å². The molecular weight excluding hydrogens is 757 g/mol. The highest BCUT2D eigenvalue weighted by atomic mass is 16.5. The van der Waals surface area contributed by atoms with Gasteiger partial charge in [0.05, 0.1) is 18.6 Å². The molecule has 0 fully saturated rings. The third kappa shape index (κ3) is 10.7. The van der Waals surface area contributed by atoms with Gasteiger partial charge in [-0.25, -0.2) is 0 Å². The summed E-state index contributed by atoms with van der Waals surface area (Å²) in [6.07, 6.45) is 15.0. The third-order valence-electron chi connectivity index (χ3n) is 12.3. The Morgan fingerprint density at radius 2 is 0.672 bits per heavy atom. The van der Waals surface area contributed by atoms with Crippen molar-refractivity contribution in [2.45, 2.75) is 95.3 Å². The van der Waals surface area contributed by atoms with Crippen LogP contribution in [0.25, 0.3) is 32.7 Å². The SMILES string of the molecule is OCCCCCCCCOCCCOc1cccc2c(C3(c4cccc5c(OCCCOCCCCCCCCO)cccc45)c4ccccc4-c4ccccc43)cccc12. The molecule has 6 aromatic rings. The molecule has 0 radical (unpaired) electrons. The zero-order valence-electron chi connectivity index (χ0n) is 36.1. The molecule has 0 amide bonds. The van der Waals surface area contributed by atoms with Gasteiger partial charge in [-0.15, -0.1) is 0 Å². The van der Waals surface area contributed by atoms with Crippen LogP contribution in [0.2, 0.25) is 0 Å². The summed E-state index contributed by atoms with van der Waals surface area (Å²) in [5.74, 6) is 1.78. The number of ether oxygens (including phenoxy) is 4. The van der Waals surface area contributed by atoms with E-state index in [1.54, 1.807) is 0 Å². The highest BCUT2D eigenvalue weighted by Crippen LogP contribution is 2.58.